The highest BCUT2D eigenvalue weighted by molar-refractivity contribution is 5.95. The summed E-state index contributed by atoms with van der Waals surface area (Å²) < 4.78 is 5.20. The van der Waals surface area contributed by atoms with E-state index in [-0.39, 0.29) is 17.6 Å². The van der Waals surface area contributed by atoms with Crippen molar-refractivity contribution in [1.29, 1.82) is 0 Å². The molecule has 0 aromatic heterocycles. The van der Waals surface area contributed by atoms with Crippen molar-refractivity contribution in [3.63, 3.8) is 0 Å². The Morgan fingerprint density at radius 3 is 2.76 bits per heavy atom. The minimum Gasteiger partial charge on any atom is -0.508 e. The molecule has 1 aromatic carbocycles. The predicted octanol–water partition coefficient (Wildman–Crippen LogP) is 1.34. The highest BCUT2D eigenvalue weighted by Crippen LogP contribution is 2.25. The first kappa shape index (κ1) is 11.7. The molecule has 92 valence electrons. The van der Waals surface area contributed by atoms with Crippen LogP contribution < -0.4 is 11.1 Å². The molecule has 0 saturated carbocycles. The van der Waals surface area contributed by atoms with E-state index < -0.39 is 0 Å². The first-order valence-electron chi connectivity index (χ1n) is 5.64. The number of phenols is 1. The number of phenolic OH excluding ortho intramolecular Hbond substituents is 1. The lowest BCUT2D eigenvalue weighted by atomic mass is 9.99. The summed E-state index contributed by atoms with van der Waals surface area (Å²) in [5.41, 5.74) is 6.61. The van der Waals surface area contributed by atoms with Gasteiger partial charge in [-0.1, -0.05) is 0 Å². The largest absolute Gasteiger partial charge is 0.508 e. The lowest BCUT2D eigenvalue weighted by Gasteiger charge is -2.21. The van der Waals surface area contributed by atoms with Crippen molar-refractivity contribution in [2.75, 3.05) is 24.3 Å². The molecule has 1 aromatic rings. The van der Waals surface area contributed by atoms with Gasteiger partial charge in [0.05, 0.1) is 11.4 Å². The Bertz CT molecular complexity index is 414. The Kier molecular flexibility index (Phi) is 3.49. The van der Waals surface area contributed by atoms with Crippen LogP contribution in [-0.4, -0.2) is 24.2 Å². The van der Waals surface area contributed by atoms with Crippen LogP contribution in [0.2, 0.25) is 0 Å². The third kappa shape index (κ3) is 2.88. The summed E-state index contributed by atoms with van der Waals surface area (Å²) >= 11 is 0. The number of nitrogens with one attached hydrogen (secondary N) is 1. The fourth-order valence-corrected chi connectivity index (χ4v) is 1.86. The standard InChI is InChI=1S/C12H16N2O3/c13-10-7-9(15)1-2-11(10)14-12(16)8-3-5-17-6-4-8/h1-2,7-8,15H,3-6,13H2,(H,14,16). The van der Waals surface area contributed by atoms with Crippen LogP contribution >= 0.6 is 0 Å². The summed E-state index contributed by atoms with van der Waals surface area (Å²) in [6.45, 7) is 1.26. The van der Waals surface area contributed by atoms with Crippen LogP contribution in [0.25, 0.3) is 0 Å². The van der Waals surface area contributed by atoms with Crippen LogP contribution in [0.3, 0.4) is 0 Å². The lowest BCUT2D eigenvalue weighted by molar-refractivity contribution is -0.122. The predicted molar refractivity (Wildman–Crippen MR) is 64.7 cm³/mol. The molecule has 4 N–H and O–H groups in total. The first-order valence-corrected chi connectivity index (χ1v) is 5.64. The van der Waals surface area contributed by atoms with Gasteiger partial charge in [-0.2, -0.15) is 0 Å². The van der Waals surface area contributed by atoms with Crippen LogP contribution in [0.15, 0.2) is 18.2 Å². The number of carbonyl (C=O) groups is 1. The van der Waals surface area contributed by atoms with Gasteiger partial charge in [-0.05, 0) is 25.0 Å². The molecule has 1 aliphatic rings. The maximum atomic E-state index is 11.9. The Balaban J connectivity index is 2.02. The van der Waals surface area contributed by atoms with E-state index in [2.05, 4.69) is 5.32 Å². The number of aromatic hydroxyl groups is 1. The highest BCUT2D eigenvalue weighted by Gasteiger charge is 2.21. The van der Waals surface area contributed by atoms with E-state index in [9.17, 15) is 9.90 Å². The molecule has 5 heteroatoms. The second-order valence-corrected chi connectivity index (χ2v) is 4.15. The van der Waals surface area contributed by atoms with Crippen molar-refractivity contribution in [2.45, 2.75) is 12.8 Å². The van der Waals surface area contributed by atoms with E-state index in [1.807, 2.05) is 0 Å². The molecule has 0 unspecified atom stereocenters. The molecule has 0 radical (unpaired) electrons. The number of rotatable bonds is 2. The average Bonchev–Trinajstić information content (AvgIpc) is 2.34. The van der Waals surface area contributed by atoms with Crippen LogP contribution in [-0.2, 0) is 9.53 Å². The molecule has 0 atom stereocenters. The SMILES string of the molecule is Nc1cc(O)ccc1NC(=O)C1CCOCC1. The summed E-state index contributed by atoms with van der Waals surface area (Å²) in [6, 6.07) is 4.51. The summed E-state index contributed by atoms with van der Waals surface area (Å²) in [6.07, 6.45) is 1.48. The fraction of sp³-hybridized carbons (Fsp3) is 0.417. The third-order valence-corrected chi connectivity index (χ3v) is 2.89. The Labute approximate surface area is 99.6 Å². The Morgan fingerprint density at radius 1 is 1.41 bits per heavy atom. The molecule has 17 heavy (non-hydrogen) atoms. The fourth-order valence-electron chi connectivity index (χ4n) is 1.86. The monoisotopic (exact) mass is 236 g/mol. The molecule has 1 aliphatic heterocycles. The topological polar surface area (TPSA) is 84.6 Å². The molecule has 1 saturated heterocycles. The van der Waals surface area contributed by atoms with E-state index in [1.165, 1.54) is 12.1 Å². The summed E-state index contributed by atoms with van der Waals surface area (Å²) in [5.74, 6) is 0.0363. The quantitative estimate of drug-likeness (QED) is 0.534. The molecule has 2 rings (SSSR count). The lowest BCUT2D eigenvalue weighted by Crippen LogP contribution is -2.28. The normalized spacial score (nSPS) is 16.7. The third-order valence-electron chi connectivity index (χ3n) is 2.89. The van der Waals surface area contributed by atoms with Gasteiger partial charge in [0.15, 0.2) is 0 Å². The van der Waals surface area contributed by atoms with Gasteiger partial charge in [0.2, 0.25) is 5.91 Å². The van der Waals surface area contributed by atoms with Gasteiger partial charge in [0.25, 0.3) is 0 Å². The number of benzene rings is 1. The molecule has 0 bridgehead atoms. The number of hydrogen-bond acceptors (Lipinski definition) is 4. The zero-order chi connectivity index (χ0) is 12.3. The number of carbonyl (C=O) groups excluding carboxylic acids is 1. The minimum atomic E-state index is -0.0364. The molecule has 5 nitrogen and oxygen atoms in total. The van der Waals surface area contributed by atoms with Crippen molar-refractivity contribution < 1.29 is 14.6 Å². The molecule has 1 amide bonds. The van der Waals surface area contributed by atoms with E-state index in [4.69, 9.17) is 10.5 Å². The molecule has 0 spiro atoms. The number of nitrogens with two attached hydrogens (primary N) is 1. The second-order valence-electron chi connectivity index (χ2n) is 4.15. The van der Waals surface area contributed by atoms with Gasteiger partial charge in [-0.25, -0.2) is 0 Å². The van der Waals surface area contributed by atoms with Gasteiger partial charge in [-0.15, -0.1) is 0 Å². The van der Waals surface area contributed by atoms with Gasteiger partial charge in [0.1, 0.15) is 5.75 Å². The summed E-state index contributed by atoms with van der Waals surface area (Å²) in [5, 5.41) is 12.0. The van der Waals surface area contributed by atoms with Gasteiger partial charge < -0.3 is 20.9 Å². The molecule has 0 aliphatic carbocycles. The van der Waals surface area contributed by atoms with Gasteiger partial charge in [-0.3, -0.25) is 4.79 Å². The zero-order valence-electron chi connectivity index (χ0n) is 9.48. The smallest absolute Gasteiger partial charge is 0.227 e. The summed E-state index contributed by atoms with van der Waals surface area (Å²) in [7, 11) is 0. The van der Waals surface area contributed by atoms with Crippen LogP contribution in [0.4, 0.5) is 11.4 Å². The molecule has 1 fully saturated rings. The number of amides is 1. The zero-order valence-corrected chi connectivity index (χ0v) is 9.48. The second kappa shape index (κ2) is 5.05. The van der Waals surface area contributed by atoms with Gasteiger partial charge >= 0.3 is 0 Å². The molecular weight excluding hydrogens is 220 g/mol. The van der Waals surface area contributed by atoms with Crippen LogP contribution in [0.5, 0.6) is 5.75 Å². The number of nitrogen functional groups attached to an aromatic ring is 1. The number of anilines is 2. The van der Waals surface area contributed by atoms with Crippen molar-refractivity contribution in [2.24, 2.45) is 5.92 Å². The van der Waals surface area contributed by atoms with Crippen molar-refractivity contribution in [3.8, 4) is 5.75 Å². The maximum absolute atomic E-state index is 11.9. The molecule has 1 heterocycles. The van der Waals surface area contributed by atoms with E-state index in [0.717, 1.165) is 12.8 Å². The Hall–Kier alpha value is -1.75. The van der Waals surface area contributed by atoms with Crippen molar-refractivity contribution in [3.05, 3.63) is 18.2 Å². The van der Waals surface area contributed by atoms with Crippen LogP contribution in [0, 0.1) is 5.92 Å². The van der Waals surface area contributed by atoms with Crippen molar-refractivity contribution >= 4 is 17.3 Å². The average molecular weight is 236 g/mol. The molecular formula is C12H16N2O3. The van der Waals surface area contributed by atoms with E-state index in [1.54, 1.807) is 6.07 Å². The highest BCUT2D eigenvalue weighted by atomic mass is 16.5. The van der Waals surface area contributed by atoms with Crippen molar-refractivity contribution in [1.82, 2.24) is 0 Å². The Morgan fingerprint density at radius 2 is 2.12 bits per heavy atom. The van der Waals surface area contributed by atoms with Gasteiger partial charge in [0, 0.05) is 25.2 Å². The first-order chi connectivity index (χ1) is 8.16. The summed E-state index contributed by atoms with van der Waals surface area (Å²) in [4.78, 5) is 11.9. The number of hydrogen-bond donors (Lipinski definition) is 3. The van der Waals surface area contributed by atoms with E-state index in [0.29, 0.717) is 24.6 Å². The number of ether oxygens (including phenoxy) is 1. The maximum Gasteiger partial charge on any atom is 0.227 e. The van der Waals surface area contributed by atoms with Crippen LogP contribution in [0.1, 0.15) is 12.8 Å². The minimum absolute atomic E-state index is 0.0167. The van der Waals surface area contributed by atoms with E-state index >= 15 is 0 Å².